The van der Waals surface area contributed by atoms with Gasteiger partial charge in [-0.3, -0.25) is 0 Å². The number of aromatic nitrogens is 1. The number of benzene rings is 1. The van der Waals surface area contributed by atoms with Crippen LogP contribution in [0.25, 0.3) is 0 Å². The van der Waals surface area contributed by atoms with Crippen molar-refractivity contribution in [2.45, 2.75) is 11.4 Å². The number of ether oxygens (including phenoxy) is 1. The lowest BCUT2D eigenvalue weighted by molar-refractivity contribution is -0.646. The van der Waals surface area contributed by atoms with Crippen LogP contribution in [0.3, 0.4) is 0 Å². The third kappa shape index (κ3) is 3.27. The molecule has 0 aliphatic rings. The smallest absolute Gasteiger partial charge is 0.308 e. The average Bonchev–Trinajstić information content (AvgIpc) is 2.46. The quantitative estimate of drug-likeness (QED) is 0.616. The van der Waals surface area contributed by atoms with Gasteiger partial charge in [-0.2, -0.15) is 4.73 Å². The summed E-state index contributed by atoms with van der Waals surface area (Å²) in [4.78, 5) is 0. The zero-order chi connectivity index (χ0) is 14.6. The fraction of sp³-hybridized carbons (Fsp3) is 0.214. The SMILES string of the molecule is COc1ccc(CCS(=O)(=O)c2cccc[n+]2[O-])cc1. The number of hydrogen-bond donors (Lipinski definition) is 0. The van der Waals surface area contributed by atoms with E-state index in [1.165, 1.54) is 24.4 Å². The van der Waals surface area contributed by atoms with Crippen molar-refractivity contribution in [2.75, 3.05) is 12.9 Å². The molecule has 2 aromatic rings. The molecule has 1 aromatic heterocycles. The molecule has 0 saturated carbocycles. The van der Waals surface area contributed by atoms with Crippen molar-refractivity contribution in [3.63, 3.8) is 0 Å². The zero-order valence-corrected chi connectivity index (χ0v) is 11.8. The van der Waals surface area contributed by atoms with E-state index < -0.39 is 9.84 Å². The Bertz CT molecular complexity index is 681. The van der Waals surface area contributed by atoms with E-state index in [0.29, 0.717) is 11.2 Å². The summed E-state index contributed by atoms with van der Waals surface area (Å²) in [6, 6.07) is 11.5. The molecule has 20 heavy (non-hydrogen) atoms. The van der Waals surface area contributed by atoms with Crippen LogP contribution in [0.1, 0.15) is 5.56 Å². The molecular formula is C14H15NO4S. The highest BCUT2D eigenvalue weighted by Gasteiger charge is 2.22. The lowest BCUT2D eigenvalue weighted by atomic mass is 10.2. The van der Waals surface area contributed by atoms with Gasteiger partial charge in [0.05, 0.1) is 12.9 Å². The van der Waals surface area contributed by atoms with E-state index >= 15 is 0 Å². The van der Waals surface area contributed by atoms with Gasteiger partial charge in [-0.15, -0.1) is 0 Å². The fourth-order valence-corrected chi connectivity index (χ4v) is 3.14. The molecule has 0 fully saturated rings. The molecule has 1 heterocycles. The maximum absolute atomic E-state index is 12.1. The van der Waals surface area contributed by atoms with E-state index in [-0.39, 0.29) is 10.8 Å². The van der Waals surface area contributed by atoms with Gasteiger partial charge in [0.2, 0.25) is 9.84 Å². The van der Waals surface area contributed by atoms with Gasteiger partial charge in [0.15, 0.2) is 6.20 Å². The molecule has 0 saturated heterocycles. The second-order valence-corrected chi connectivity index (χ2v) is 6.34. The Morgan fingerprint density at radius 3 is 2.45 bits per heavy atom. The van der Waals surface area contributed by atoms with Crippen molar-refractivity contribution in [1.82, 2.24) is 0 Å². The number of rotatable bonds is 5. The molecule has 0 unspecified atom stereocenters. The predicted molar refractivity (Wildman–Crippen MR) is 74.2 cm³/mol. The Morgan fingerprint density at radius 1 is 1.15 bits per heavy atom. The van der Waals surface area contributed by atoms with Gasteiger partial charge in [0.1, 0.15) is 5.75 Å². The maximum Gasteiger partial charge on any atom is 0.308 e. The van der Waals surface area contributed by atoms with Crippen molar-refractivity contribution >= 4 is 9.84 Å². The number of pyridine rings is 1. The van der Waals surface area contributed by atoms with Crippen LogP contribution in [-0.2, 0) is 16.3 Å². The topological polar surface area (TPSA) is 70.3 Å². The molecule has 0 aliphatic carbocycles. The first-order valence-corrected chi connectivity index (χ1v) is 7.72. The summed E-state index contributed by atoms with van der Waals surface area (Å²) in [5, 5.41) is 11.3. The minimum Gasteiger partial charge on any atom is -0.618 e. The van der Waals surface area contributed by atoms with Crippen molar-refractivity contribution < 1.29 is 17.9 Å². The molecule has 0 spiro atoms. The summed E-state index contributed by atoms with van der Waals surface area (Å²) >= 11 is 0. The van der Waals surface area contributed by atoms with Crippen LogP contribution in [0.2, 0.25) is 0 Å². The summed E-state index contributed by atoms with van der Waals surface area (Å²) in [7, 11) is -2.01. The number of nitrogens with zero attached hydrogens (tertiary/aromatic N) is 1. The molecule has 0 amide bonds. The number of hydrogen-bond acceptors (Lipinski definition) is 4. The Kier molecular flexibility index (Phi) is 4.24. The molecule has 6 heteroatoms. The molecule has 0 aliphatic heterocycles. The summed E-state index contributed by atoms with van der Waals surface area (Å²) in [5.41, 5.74) is 0.878. The second-order valence-electron chi connectivity index (χ2n) is 4.28. The molecule has 0 N–H and O–H groups in total. The first-order chi connectivity index (χ1) is 9.53. The Hall–Kier alpha value is -2.08. The van der Waals surface area contributed by atoms with Crippen LogP contribution in [0.15, 0.2) is 53.7 Å². The molecule has 1 aromatic carbocycles. The minimum atomic E-state index is -3.59. The molecule has 0 radical (unpaired) electrons. The van der Waals surface area contributed by atoms with E-state index in [0.717, 1.165) is 11.3 Å². The first-order valence-electron chi connectivity index (χ1n) is 6.07. The molecule has 5 nitrogen and oxygen atoms in total. The molecule has 0 atom stereocenters. The summed E-state index contributed by atoms with van der Waals surface area (Å²) in [6.45, 7) is 0. The first kappa shape index (κ1) is 14.3. The largest absolute Gasteiger partial charge is 0.618 e. The van der Waals surface area contributed by atoms with Crippen LogP contribution in [0.5, 0.6) is 5.75 Å². The minimum absolute atomic E-state index is 0.106. The molecule has 2 rings (SSSR count). The second kappa shape index (κ2) is 5.92. The highest BCUT2D eigenvalue weighted by atomic mass is 32.2. The summed E-state index contributed by atoms with van der Waals surface area (Å²) in [6.07, 6.45) is 1.53. The van der Waals surface area contributed by atoms with Crippen LogP contribution < -0.4 is 9.47 Å². The van der Waals surface area contributed by atoms with Gasteiger partial charge in [-0.05, 0) is 30.2 Å². The zero-order valence-electron chi connectivity index (χ0n) is 11.0. The molecule has 0 bridgehead atoms. The molecule has 106 valence electrons. The number of aryl methyl sites for hydroxylation is 1. The third-order valence-electron chi connectivity index (χ3n) is 2.93. The lowest BCUT2D eigenvalue weighted by Gasteiger charge is -2.06. The normalized spacial score (nSPS) is 11.2. The lowest BCUT2D eigenvalue weighted by Crippen LogP contribution is -2.34. The van der Waals surface area contributed by atoms with Crippen molar-refractivity contribution in [1.29, 1.82) is 0 Å². The van der Waals surface area contributed by atoms with Crippen molar-refractivity contribution in [2.24, 2.45) is 0 Å². The Morgan fingerprint density at radius 2 is 1.85 bits per heavy atom. The van der Waals surface area contributed by atoms with E-state index in [1.807, 2.05) is 12.1 Å². The van der Waals surface area contributed by atoms with Gasteiger partial charge < -0.3 is 9.94 Å². The van der Waals surface area contributed by atoms with Crippen LogP contribution in [-0.4, -0.2) is 21.3 Å². The van der Waals surface area contributed by atoms with E-state index in [1.54, 1.807) is 19.2 Å². The fourth-order valence-electron chi connectivity index (χ4n) is 1.80. The van der Waals surface area contributed by atoms with E-state index in [4.69, 9.17) is 4.74 Å². The van der Waals surface area contributed by atoms with Crippen molar-refractivity contribution in [3.8, 4) is 5.75 Å². The highest BCUT2D eigenvalue weighted by molar-refractivity contribution is 7.91. The predicted octanol–water partition coefficient (Wildman–Crippen LogP) is 1.34. The van der Waals surface area contributed by atoms with Crippen LogP contribution >= 0.6 is 0 Å². The van der Waals surface area contributed by atoms with Gasteiger partial charge in [-0.1, -0.05) is 12.1 Å². The van der Waals surface area contributed by atoms with E-state index in [2.05, 4.69) is 0 Å². The average molecular weight is 293 g/mol. The summed E-state index contributed by atoms with van der Waals surface area (Å²) in [5.74, 6) is 0.614. The third-order valence-corrected chi connectivity index (χ3v) is 4.62. The van der Waals surface area contributed by atoms with Crippen molar-refractivity contribution in [3.05, 3.63) is 59.4 Å². The van der Waals surface area contributed by atoms with Gasteiger partial charge in [0.25, 0.3) is 0 Å². The van der Waals surface area contributed by atoms with Gasteiger partial charge in [-0.25, -0.2) is 8.42 Å². The van der Waals surface area contributed by atoms with Crippen LogP contribution in [0.4, 0.5) is 0 Å². The standard InChI is InChI=1S/C14H15NO4S/c1-19-13-7-5-12(6-8-13)9-11-20(17,18)14-4-2-3-10-15(14)16/h2-8,10H,9,11H2,1H3. The van der Waals surface area contributed by atoms with E-state index in [9.17, 15) is 13.6 Å². The summed E-state index contributed by atoms with van der Waals surface area (Å²) < 4.78 is 29.6. The Labute approximate surface area is 118 Å². The number of methoxy groups -OCH3 is 1. The van der Waals surface area contributed by atoms with Crippen LogP contribution in [0, 0.1) is 5.21 Å². The van der Waals surface area contributed by atoms with Gasteiger partial charge in [0, 0.05) is 12.1 Å². The Balaban J connectivity index is 2.11. The maximum atomic E-state index is 12.1. The molecular weight excluding hydrogens is 278 g/mol. The number of sulfone groups is 1. The monoisotopic (exact) mass is 293 g/mol. The highest BCUT2D eigenvalue weighted by Crippen LogP contribution is 2.13. The van der Waals surface area contributed by atoms with Gasteiger partial charge >= 0.3 is 5.03 Å².